The lowest BCUT2D eigenvalue weighted by Gasteiger charge is -2.35. The van der Waals surface area contributed by atoms with Gasteiger partial charge in [0.05, 0.1) is 6.54 Å². The molecular formula is C15H14F2N4O. The lowest BCUT2D eigenvalue weighted by atomic mass is 10.2. The molecule has 5 nitrogen and oxygen atoms in total. The van der Waals surface area contributed by atoms with Gasteiger partial charge in [0.25, 0.3) is 0 Å². The Morgan fingerprint density at radius 3 is 2.45 bits per heavy atom. The second-order valence-electron chi connectivity index (χ2n) is 4.99. The van der Waals surface area contributed by atoms with E-state index in [0.717, 1.165) is 12.1 Å². The van der Waals surface area contributed by atoms with Crippen molar-refractivity contribution < 1.29 is 13.6 Å². The van der Waals surface area contributed by atoms with E-state index in [4.69, 9.17) is 5.73 Å². The van der Waals surface area contributed by atoms with Crippen molar-refractivity contribution in [1.82, 2.24) is 4.98 Å². The van der Waals surface area contributed by atoms with Crippen LogP contribution in [-0.4, -0.2) is 30.5 Å². The number of carbonyl (C=O) groups excluding carboxylic acids is 1. The normalized spacial score (nSPS) is 15.3. The molecule has 0 saturated carbocycles. The van der Waals surface area contributed by atoms with Crippen molar-refractivity contribution in [3.63, 3.8) is 0 Å². The molecular weight excluding hydrogens is 290 g/mol. The van der Waals surface area contributed by atoms with Crippen molar-refractivity contribution in [2.24, 2.45) is 0 Å². The first-order valence-electron chi connectivity index (χ1n) is 6.77. The maximum absolute atomic E-state index is 13.9. The number of hydrogen-bond acceptors (Lipinski definition) is 4. The van der Waals surface area contributed by atoms with Gasteiger partial charge >= 0.3 is 0 Å². The highest BCUT2D eigenvalue weighted by molar-refractivity contribution is 5.97. The van der Waals surface area contributed by atoms with Gasteiger partial charge in [-0.3, -0.25) is 9.69 Å². The third-order valence-electron chi connectivity index (χ3n) is 3.50. The van der Waals surface area contributed by atoms with Crippen molar-refractivity contribution in [2.45, 2.75) is 0 Å². The van der Waals surface area contributed by atoms with Gasteiger partial charge in [0.15, 0.2) is 11.6 Å². The van der Waals surface area contributed by atoms with Gasteiger partial charge in [-0.05, 0) is 24.3 Å². The fourth-order valence-electron chi connectivity index (χ4n) is 2.51. The minimum atomic E-state index is -0.767. The average Bonchev–Trinajstić information content (AvgIpc) is 2.47. The predicted octanol–water partition coefficient (Wildman–Crippen LogP) is 1.80. The second-order valence-corrected chi connectivity index (χ2v) is 4.99. The highest BCUT2D eigenvalue weighted by Gasteiger charge is 2.29. The van der Waals surface area contributed by atoms with Crippen LogP contribution >= 0.6 is 0 Å². The first-order chi connectivity index (χ1) is 10.6. The van der Waals surface area contributed by atoms with Crippen LogP contribution in [-0.2, 0) is 4.79 Å². The first-order valence-corrected chi connectivity index (χ1v) is 6.77. The van der Waals surface area contributed by atoms with Gasteiger partial charge in [0.2, 0.25) is 5.91 Å². The Morgan fingerprint density at radius 1 is 1.14 bits per heavy atom. The van der Waals surface area contributed by atoms with Crippen molar-refractivity contribution in [3.8, 4) is 0 Å². The maximum atomic E-state index is 13.9. The van der Waals surface area contributed by atoms with Crippen LogP contribution in [0.4, 0.5) is 26.0 Å². The van der Waals surface area contributed by atoms with Crippen molar-refractivity contribution >= 4 is 23.1 Å². The summed E-state index contributed by atoms with van der Waals surface area (Å²) in [6.07, 6.45) is 1.59. The number of rotatable bonds is 2. The molecule has 22 heavy (non-hydrogen) atoms. The minimum Gasteiger partial charge on any atom is -0.399 e. The molecule has 2 N–H and O–H groups in total. The molecule has 1 aliphatic rings. The molecule has 1 saturated heterocycles. The summed E-state index contributed by atoms with van der Waals surface area (Å²) in [5, 5.41) is 0. The quantitative estimate of drug-likeness (QED) is 0.859. The Morgan fingerprint density at radius 2 is 1.86 bits per heavy atom. The molecule has 7 heteroatoms. The van der Waals surface area contributed by atoms with Crippen LogP contribution in [0.2, 0.25) is 0 Å². The number of amides is 1. The number of benzene rings is 1. The van der Waals surface area contributed by atoms with E-state index in [0.29, 0.717) is 18.9 Å². The minimum absolute atomic E-state index is 0.0113. The van der Waals surface area contributed by atoms with Gasteiger partial charge in [0, 0.05) is 25.0 Å². The molecule has 1 aromatic carbocycles. The number of anilines is 3. The van der Waals surface area contributed by atoms with Gasteiger partial charge in [-0.15, -0.1) is 0 Å². The number of aromatic nitrogens is 1. The summed E-state index contributed by atoms with van der Waals surface area (Å²) in [6.45, 7) is 0.494. The van der Waals surface area contributed by atoms with E-state index in [9.17, 15) is 13.6 Å². The number of nitrogen functional groups attached to an aromatic ring is 1. The third-order valence-corrected chi connectivity index (χ3v) is 3.50. The van der Waals surface area contributed by atoms with E-state index < -0.39 is 11.6 Å². The molecule has 0 atom stereocenters. The summed E-state index contributed by atoms with van der Waals surface area (Å²) >= 11 is 0. The molecule has 1 aromatic heterocycles. The van der Waals surface area contributed by atoms with E-state index in [2.05, 4.69) is 4.98 Å². The highest BCUT2D eigenvalue weighted by Crippen LogP contribution is 2.27. The van der Waals surface area contributed by atoms with E-state index in [1.807, 2.05) is 0 Å². The Balaban J connectivity index is 1.83. The Kier molecular flexibility index (Phi) is 3.62. The van der Waals surface area contributed by atoms with Crippen molar-refractivity contribution in [2.75, 3.05) is 35.2 Å². The molecule has 2 aromatic rings. The van der Waals surface area contributed by atoms with E-state index in [1.54, 1.807) is 24.4 Å². The molecule has 0 bridgehead atoms. The van der Waals surface area contributed by atoms with E-state index >= 15 is 0 Å². The second kappa shape index (κ2) is 5.59. The standard InChI is InChI=1S/C15H14F2N4O/c16-11-7-10(18)8-12(17)15(11)20-5-6-21(14(22)9-20)13-3-1-2-4-19-13/h1-4,7-8H,5-6,9,18H2. The lowest BCUT2D eigenvalue weighted by molar-refractivity contribution is -0.118. The van der Waals surface area contributed by atoms with E-state index in [1.165, 1.54) is 9.80 Å². The number of carbonyl (C=O) groups is 1. The summed E-state index contributed by atoms with van der Waals surface area (Å²) in [5.41, 5.74) is 5.19. The summed E-state index contributed by atoms with van der Waals surface area (Å²) in [4.78, 5) is 19.2. The Bertz CT molecular complexity index is 685. The number of hydrogen-bond donors (Lipinski definition) is 1. The molecule has 0 aliphatic carbocycles. The molecule has 1 amide bonds. The molecule has 0 spiro atoms. The molecule has 3 rings (SSSR count). The summed E-state index contributed by atoms with van der Waals surface area (Å²) in [6, 6.07) is 7.35. The highest BCUT2D eigenvalue weighted by atomic mass is 19.1. The third kappa shape index (κ3) is 2.57. The summed E-state index contributed by atoms with van der Waals surface area (Å²) in [7, 11) is 0. The molecule has 1 fully saturated rings. The van der Waals surface area contributed by atoms with Crippen LogP contribution in [0.5, 0.6) is 0 Å². The van der Waals surface area contributed by atoms with Crippen LogP contribution in [0.1, 0.15) is 0 Å². The maximum Gasteiger partial charge on any atom is 0.247 e. The van der Waals surface area contributed by atoms with E-state index in [-0.39, 0.29) is 23.8 Å². The molecule has 0 unspecified atom stereocenters. The monoisotopic (exact) mass is 304 g/mol. The number of nitrogens with two attached hydrogens (primary N) is 1. The predicted molar refractivity (Wildman–Crippen MR) is 79.6 cm³/mol. The zero-order valence-corrected chi connectivity index (χ0v) is 11.7. The Hall–Kier alpha value is -2.70. The van der Waals surface area contributed by atoms with Crippen LogP contribution in [0, 0.1) is 11.6 Å². The molecule has 114 valence electrons. The van der Waals surface area contributed by atoms with Gasteiger partial charge in [-0.1, -0.05) is 6.07 Å². The SMILES string of the molecule is Nc1cc(F)c(N2CCN(c3ccccn3)C(=O)C2)c(F)c1. The van der Waals surface area contributed by atoms with Crippen LogP contribution in [0.25, 0.3) is 0 Å². The summed E-state index contributed by atoms with van der Waals surface area (Å²) < 4.78 is 27.9. The average molecular weight is 304 g/mol. The van der Waals surface area contributed by atoms with Gasteiger partial charge in [-0.2, -0.15) is 0 Å². The van der Waals surface area contributed by atoms with Crippen LogP contribution < -0.4 is 15.5 Å². The fraction of sp³-hybridized carbons (Fsp3) is 0.200. The van der Waals surface area contributed by atoms with Crippen molar-refractivity contribution in [1.29, 1.82) is 0 Å². The fourth-order valence-corrected chi connectivity index (χ4v) is 2.51. The number of nitrogens with zero attached hydrogens (tertiary/aromatic N) is 3. The molecule has 1 aliphatic heterocycles. The zero-order valence-electron chi connectivity index (χ0n) is 11.7. The number of piperazine rings is 1. The molecule has 2 heterocycles. The largest absolute Gasteiger partial charge is 0.399 e. The first kappa shape index (κ1) is 14.2. The van der Waals surface area contributed by atoms with Gasteiger partial charge < -0.3 is 10.6 Å². The number of pyridine rings is 1. The van der Waals surface area contributed by atoms with Gasteiger partial charge in [-0.25, -0.2) is 13.8 Å². The Labute approximate surface area is 126 Å². The van der Waals surface area contributed by atoms with Crippen molar-refractivity contribution in [3.05, 3.63) is 48.2 Å². The van der Waals surface area contributed by atoms with Gasteiger partial charge in [0.1, 0.15) is 11.5 Å². The number of halogens is 2. The smallest absolute Gasteiger partial charge is 0.247 e. The molecule has 0 radical (unpaired) electrons. The topological polar surface area (TPSA) is 62.5 Å². The summed E-state index contributed by atoms with van der Waals surface area (Å²) in [5.74, 6) is -1.26. The lowest BCUT2D eigenvalue weighted by Crippen LogP contribution is -2.51. The van der Waals surface area contributed by atoms with Crippen LogP contribution in [0.15, 0.2) is 36.5 Å². The van der Waals surface area contributed by atoms with Crippen LogP contribution in [0.3, 0.4) is 0 Å². The zero-order chi connectivity index (χ0) is 15.7.